The van der Waals surface area contributed by atoms with Crippen molar-refractivity contribution in [2.45, 2.75) is 69.9 Å². The van der Waals surface area contributed by atoms with Gasteiger partial charge in [0.1, 0.15) is 24.9 Å². The van der Waals surface area contributed by atoms with Crippen LogP contribution in [0.4, 0.5) is 4.79 Å². The molecule has 4 N–H and O–H groups in total. The average molecular weight is 411 g/mol. The van der Waals surface area contributed by atoms with E-state index in [-0.39, 0.29) is 13.2 Å². The molecule has 1 aliphatic heterocycles. The minimum Gasteiger partial charge on any atom is -0.479 e. The van der Waals surface area contributed by atoms with E-state index in [1.165, 1.54) is 0 Å². The van der Waals surface area contributed by atoms with Gasteiger partial charge in [-0.1, -0.05) is 56.5 Å². The zero-order valence-electron chi connectivity index (χ0n) is 16.4. The fourth-order valence-electron chi connectivity index (χ4n) is 2.99. The molecule has 0 aromatic heterocycles. The fourth-order valence-corrected chi connectivity index (χ4v) is 2.99. The van der Waals surface area contributed by atoms with Gasteiger partial charge >= 0.3 is 12.1 Å². The normalized spacial score (nSPS) is 26.7. The van der Waals surface area contributed by atoms with Crippen molar-refractivity contribution in [1.82, 2.24) is 5.32 Å². The van der Waals surface area contributed by atoms with E-state index in [9.17, 15) is 24.9 Å². The van der Waals surface area contributed by atoms with Crippen molar-refractivity contribution in [2.75, 3.05) is 6.61 Å². The first-order chi connectivity index (χ1) is 13.9. The summed E-state index contributed by atoms with van der Waals surface area (Å²) in [7, 11) is 0. The molecule has 0 saturated carbocycles. The van der Waals surface area contributed by atoms with Crippen LogP contribution in [-0.2, 0) is 25.6 Å². The number of alkyl carbamates (subject to hydrolysis) is 1. The SMILES string of the molecule is CCCCCCO[C@@H]1O[C@H](C(=O)O)[C@@H](O)[C@H](O)[C@H]1NC(=O)OCc1ccccc1. The highest BCUT2D eigenvalue weighted by atomic mass is 16.7. The topological polar surface area (TPSA) is 135 Å². The summed E-state index contributed by atoms with van der Waals surface area (Å²) < 4.78 is 16.0. The van der Waals surface area contributed by atoms with Crippen LogP contribution >= 0.6 is 0 Å². The number of carbonyl (C=O) groups is 2. The molecule has 1 amide bonds. The van der Waals surface area contributed by atoms with E-state index in [1.54, 1.807) is 24.3 Å². The molecule has 0 radical (unpaired) electrons. The fraction of sp³-hybridized carbons (Fsp3) is 0.600. The number of aliphatic hydroxyl groups is 2. The van der Waals surface area contributed by atoms with E-state index in [4.69, 9.17) is 14.2 Å². The van der Waals surface area contributed by atoms with Crippen molar-refractivity contribution in [1.29, 1.82) is 0 Å². The second-order valence-electron chi connectivity index (χ2n) is 6.91. The molecule has 1 fully saturated rings. The summed E-state index contributed by atoms with van der Waals surface area (Å²) in [4.78, 5) is 23.5. The lowest BCUT2D eigenvalue weighted by Gasteiger charge is -2.41. The Morgan fingerprint density at radius 2 is 1.83 bits per heavy atom. The molecule has 9 nitrogen and oxygen atoms in total. The number of nitrogens with one attached hydrogen (secondary N) is 1. The van der Waals surface area contributed by atoms with Gasteiger partial charge in [0.2, 0.25) is 0 Å². The molecule has 1 heterocycles. The Morgan fingerprint density at radius 1 is 1.10 bits per heavy atom. The van der Waals surface area contributed by atoms with Crippen LogP contribution < -0.4 is 5.32 Å². The molecule has 1 aromatic carbocycles. The maximum absolute atomic E-state index is 12.2. The van der Waals surface area contributed by atoms with Crippen LogP contribution in [0.25, 0.3) is 0 Å². The van der Waals surface area contributed by atoms with E-state index in [1.807, 2.05) is 6.07 Å². The van der Waals surface area contributed by atoms with Crippen LogP contribution in [0.5, 0.6) is 0 Å². The van der Waals surface area contributed by atoms with Crippen molar-refractivity contribution < 1.29 is 39.1 Å². The maximum atomic E-state index is 12.2. The molecular formula is C20H29NO8. The maximum Gasteiger partial charge on any atom is 0.407 e. The number of hydrogen-bond donors (Lipinski definition) is 4. The smallest absolute Gasteiger partial charge is 0.407 e. The van der Waals surface area contributed by atoms with Gasteiger partial charge in [-0.25, -0.2) is 9.59 Å². The van der Waals surface area contributed by atoms with Crippen LogP contribution in [0.2, 0.25) is 0 Å². The predicted molar refractivity (Wildman–Crippen MR) is 102 cm³/mol. The first-order valence-electron chi connectivity index (χ1n) is 9.77. The summed E-state index contributed by atoms with van der Waals surface area (Å²) in [5, 5.41) is 32.0. The Kier molecular flexibility index (Phi) is 9.33. The van der Waals surface area contributed by atoms with Crippen LogP contribution in [0, 0.1) is 0 Å². The number of unbranched alkanes of at least 4 members (excludes halogenated alkanes) is 3. The Labute approximate surface area is 169 Å². The highest BCUT2D eigenvalue weighted by Gasteiger charge is 2.48. The first-order valence-corrected chi connectivity index (χ1v) is 9.77. The molecule has 0 aliphatic carbocycles. The second kappa shape index (κ2) is 11.7. The summed E-state index contributed by atoms with van der Waals surface area (Å²) >= 11 is 0. The third-order valence-corrected chi connectivity index (χ3v) is 4.62. The molecule has 1 aromatic rings. The number of benzene rings is 1. The Balaban J connectivity index is 1.97. The molecule has 5 atom stereocenters. The molecule has 1 aliphatic rings. The Hall–Kier alpha value is -2.20. The van der Waals surface area contributed by atoms with Gasteiger partial charge in [0.25, 0.3) is 0 Å². The number of aliphatic hydroxyl groups excluding tert-OH is 2. The number of carbonyl (C=O) groups excluding carboxylic acids is 1. The summed E-state index contributed by atoms with van der Waals surface area (Å²) in [6.45, 7) is 2.34. The van der Waals surface area contributed by atoms with Gasteiger partial charge < -0.3 is 34.8 Å². The molecule has 29 heavy (non-hydrogen) atoms. The quantitative estimate of drug-likeness (QED) is 0.425. The molecular weight excluding hydrogens is 382 g/mol. The summed E-state index contributed by atoms with van der Waals surface area (Å²) in [5.41, 5.74) is 0.776. The highest BCUT2D eigenvalue weighted by molar-refractivity contribution is 5.73. The molecule has 1 saturated heterocycles. The molecule has 0 spiro atoms. The van der Waals surface area contributed by atoms with Crippen molar-refractivity contribution >= 4 is 12.1 Å². The zero-order valence-corrected chi connectivity index (χ0v) is 16.4. The van der Waals surface area contributed by atoms with Gasteiger partial charge in [0.15, 0.2) is 12.4 Å². The molecule has 0 unspecified atom stereocenters. The summed E-state index contributed by atoms with van der Waals surface area (Å²) in [6, 6.07) is 7.84. The van der Waals surface area contributed by atoms with E-state index in [0.717, 1.165) is 31.2 Å². The minimum absolute atomic E-state index is 0.0131. The summed E-state index contributed by atoms with van der Waals surface area (Å²) in [6.07, 6.45) is -3.36. The van der Waals surface area contributed by atoms with Crippen LogP contribution in [0.15, 0.2) is 30.3 Å². The van der Waals surface area contributed by atoms with Gasteiger partial charge in [-0.3, -0.25) is 0 Å². The van der Waals surface area contributed by atoms with Gasteiger partial charge in [0, 0.05) is 6.61 Å². The first kappa shape index (κ1) is 23.1. The predicted octanol–water partition coefficient (Wildman–Crippen LogP) is 1.41. The largest absolute Gasteiger partial charge is 0.479 e. The lowest BCUT2D eigenvalue weighted by Crippen LogP contribution is -2.65. The van der Waals surface area contributed by atoms with Crippen molar-refractivity contribution in [3.8, 4) is 0 Å². The minimum atomic E-state index is -1.73. The lowest BCUT2D eigenvalue weighted by molar-refractivity contribution is -0.263. The van der Waals surface area contributed by atoms with Crippen molar-refractivity contribution in [3.05, 3.63) is 35.9 Å². The highest BCUT2D eigenvalue weighted by Crippen LogP contribution is 2.23. The number of aliphatic carboxylic acids is 1. The van der Waals surface area contributed by atoms with E-state index >= 15 is 0 Å². The van der Waals surface area contributed by atoms with E-state index in [0.29, 0.717) is 0 Å². The summed E-state index contributed by atoms with van der Waals surface area (Å²) in [5.74, 6) is -1.43. The van der Waals surface area contributed by atoms with Crippen LogP contribution in [-0.4, -0.2) is 64.6 Å². The van der Waals surface area contributed by atoms with Crippen LogP contribution in [0.3, 0.4) is 0 Å². The van der Waals surface area contributed by atoms with Gasteiger partial charge in [0.05, 0.1) is 0 Å². The number of amides is 1. The average Bonchev–Trinajstić information content (AvgIpc) is 2.71. The third-order valence-electron chi connectivity index (χ3n) is 4.62. The van der Waals surface area contributed by atoms with Crippen molar-refractivity contribution in [2.24, 2.45) is 0 Å². The Bertz CT molecular complexity index is 641. The molecule has 0 bridgehead atoms. The molecule has 9 heteroatoms. The number of hydrogen-bond acceptors (Lipinski definition) is 7. The number of carboxylic acid groups (broad SMARTS) is 1. The Morgan fingerprint density at radius 3 is 2.48 bits per heavy atom. The van der Waals surface area contributed by atoms with Gasteiger partial charge in [-0.2, -0.15) is 0 Å². The third kappa shape index (κ3) is 6.97. The number of carboxylic acids is 1. The standard InChI is InChI=1S/C20H29NO8/c1-2-3-4-8-11-27-19-14(15(22)16(23)17(29-19)18(24)25)21-20(26)28-12-13-9-6-5-7-10-13/h5-7,9-10,14-17,19,22-23H,2-4,8,11-12H2,1H3,(H,21,26)(H,24,25)/t14-,15-,16+,17+,19-/m1/s1. The number of rotatable bonds is 10. The van der Waals surface area contributed by atoms with Gasteiger partial charge in [-0.15, -0.1) is 0 Å². The van der Waals surface area contributed by atoms with E-state index < -0.39 is 42.7 Å². The lowest BCUT2D eigenvalue weighted by atomic mass is 9.97. The molecule has 162 valence electrons. The number of ether oxygens (including phenoxy) is 3. The van der Waals surface area contributed by atoms with E-state index in [2.05, 4.69) is 12.2 Å². The second-order valence-corrected chi connectivity index (χ2v) is 6.91. The van der Waals surface area contributed by atoms with Crippen molar-refractivity contribution in [3.63, 3.8) is 0 Å². The van der Waals surface area contributed by atoms with Gasteiger partial charge in [-0.05, 0) is 12.0 Å². The van der Waals surface area contributed by atoms with Crippen LogP contribution in [0.1, 0.15) is 38.2 Å². The monoisotopic (exact) mass is 411 g/mol. The molecule has 2 rings (SSSR count). The zero-order chi connectivity index (χ0) is 21.2.